The van der Waals surface area contributed by atoms with Crippen LogP contribution in [0.4, 0.5) is 11.4 Å². The van der Waals surface area contributed by atoms with Gasteiger partial charge in [0.25, 0.3) is 0 Å². The maximum atomic E-state index is 12.1. The maximum Gasteiger partial charge on any atom is 0.314 e. The van der Waals surface area contributed by atoms with Crippen molar-refractivity contribution in [3.63, 3.8) is 0 Å². The highest BCUT2D eigenvalue weighted by molar-refractivity contribution is 6.43. The Kier molecular flexibility index (Phi) is 5.07. The molecule has 2 rings (SSSR count). The molecule has 2 amide bonds. The Hall–Kier alpha value is -2.62. The zero-order valence-electron chi connectivity index (χ0n) is 14.9. The molecule has 0 fully saturated rings. The van der Waals surface area contributed by atoms with Crippen LogP contribution in [0.3, 0.4) is 0 Å². The molecule has 126 valence electrons. The van der Waals surface area contributed by atoms with Gasteiger partial charge in [0.15, 0.2) is 0 Å². The van der Waals surface area contributed by atoms with Crippen molar-refractivity contribution in [1.29, 1.82) is 0 Å². The van der Waals surface area contributed by atoms with E-state index in [2.05, 4.69) is 31.4 Å². The van der Waals surface area contributed by atoms with Crippen LogP contribution in [0.2, 0.25) is 0 Å². The number of amides is 2. The molecule has 2 N–H and O–H groups in total. The van der Waals surface area contributed by atoms with Crippen LogP contribution < -0.4 is 10.6 Å². The van der Waals surface area contributed by atoms with Crippen molar-refractivity contribution in [2.75, 3.05) is 10.6 Å². The van der Waals surface area contributed by atoms with Crippen LogP contribution in [0.5, 0.6) is 0 Å². The minimum absolute atomic E-state index is 0.0443. The smallest absolute Gasteiger partial charge is 0.314 e. The first kappa shape index (κ1) is 17.7. The summed E-state index contributed by atoms with van der Waals surface area (Å²) in [5, 5.41) is 5.28. The lowest BCUT2D eigenvalue weighted by atomic mass is 9.87. The predicted molar refractivity (Wildman–Crippen MR) is 98.3 cm³/mol. The first-order valence-corrected chi connectivity index (χ1v) is 7.97. The molecular formula is C20H24N2O2. The number of carbonyl (C=O) groups is 2. The summed E-state index contributed by atoms with van der Waals surface area (Å²) in [7, 11) is 0. The quantitative estimate of drug-likeness (QED) is 0.814. The summed E-state index contributed by atoms with van der Waals surface area (Å²) >= 11 is 0. The third kappa shape index (κ3) is 4.22. The van der Waals surface area contributed by atoms with Crippen molar-refractivity contribution in [1.82, 2.24) is 0 Å². The van der Waals surface area contributed by atoms with Gasteiger partial charge >= 0.3 is 11.8 Å². The van der Waals surface area contributed by atoms with Crippen LogP contribution in [0, 0.1) is 13.8 Å². The number of benzene rings is 2. The van der Waals surface area contributed by atoms with E-state index < -0.39 is 11.8 Å². The zero-order valence-corrected chi connectivity index (χ0v) is 14.9. The molecule has 0 unspecified atom stereocenters. The number of nitrogens with one attached hydrogen (secondary N) is 2. The highest BCUT2D eigenvalue weighted by atomic mass is 16.2. The number of anilines is 2. The molecule has 0 aromatic heterocycles. The highest BCUT2D eigenvalue weighted by Crippen LogP contribution is 2.23. The van der Waals surface area contributed by atoms with E-state index in [0.717, 1.165) is 11.1 Å². The van der Waals surface area contributed by atoms with E-state index in [1.165, 1.54) is 5.56 Å². The lowest BCUT2D eigenvalue weighted by Gasteiger charge is -2.19. The molecule has 0 spiro atoms. The number of hydrogen-bond acceptors (Lipinski definition) is 2. The van der Waals surface area contributed by atoms with E-state index in [1.807, 2.05) is 50.2 Å². The molecule has 4 heteroatoms. The Bertz CT molecular complexity index is 756. The van der Waals surface area contributed by atoms with Gasteiger partial charge in [0.05, 0.1) is 0 Å². The minimum Gasteiger partial charge on any atom is -0.318 e. The summed E-state index contributed by atoms with van der Waals surface area (Å²) in [6.45, 7) is 10.2. The van der Waals surface area contributed by atoms with E-state index in [9.17, 15) is 9.59 Å². The van der Waals surface area contributed by atoms with Gasteiger partial charge in [-0.3, -0.25) is 9.59 Å². The summed E-state index contributed by atoms with van der Waals surface area (Å²) in [5.41, 5.74) is 4.48. The molecular weight excluding hydrogens is 300 g/mol. The van der Waals surface area contributed by atoms with Crippen molar-refractivity contribution in [2.24, 2.45) is 0 Å². The van der Waals surface area contributed by atoms with Gasteiger partial charge in [-0.15, -0.1) is 0 Å². The summed E-state index contributed by atoms with van der Waals surface area (Å²) in [6.07, 6.45) is 0. The fourth-order valence-corrected chi connectivity index (χ4v) is 2.31. The van der Waals surface area contributed by atoms with Gasteiger partial charge in [-0.2, -0.15) is 0 Å². The Morgan fingerprint density at radius 2 is 1.42 bits per heavy atom. The molecule has 0 heterocycles. The van der Waals surface area contributed by atoms with E-state index in [0.29, 0.717) is 11.4 Å². The molecule has 0 aliphatic rings. The van der Waals surface area contributed by atoms with Crippen molar-refractivity contribution >= 4 is 23.2 Å². The second-order valence-electron chi connectivity index (χ2n) is 6.98. The number of hydrogen-bond donors (Lipinski definition) is 2. The summed E-state index contributed by atoms with van der Waals surface area (Å²) in [4.78, 5) is 24.2. The second kappa shape index (κ2) is 6.87. The topological polar surface area (TPSA) is 58.2 Å². The highest BCUT2D eigenvalue weighted by Gasteiger charge is 2.16. The third-order valence-corrected chi connectivity index (χ3v) is 4.07. The van der Waals surface area contributed by atoms with Crippen LogP contribution >= 0.6 is 0 Å². The van der Waals surface area contributed by atoms with Crippen molar-refractivity contribution in [3.8, 4) is 0 Å². The lowest BCUT2D eigenvalue weighted by Crippen LogP contribution is -2.29. The summed E-state index contributed by atoms with van der Waals surface area (Å²) in [5.74, 6) is -1.36. The average Bonchev–Trinajstić information content (AvgIpc) is 2.51. The number of carbonyl (C=O) groups excluding carboxylic acids is 2. The Morgan fingerprint density at radius 1 is 0.833 bits per heavy atom. The van der Waals surface area contributed by atoms with Crippen molar-refractivity contribution < 1.29 is 9.59 Å². The van der Waals surface area contributed by atoms with Gasteiger partial charge in [-0.25, -0.2) is 0 Å². The normalized spacial score (nSPS) is 11.0. The molecule has 0 saturated heterocycles. The van der Waals surface area contributed by atoms with E-state index >= 15 is 0 Å². The van der Waals surface area contributed by atoms with Gasteiger partial charge in [-0.05, 0) is 54.2 Å². The molecule has 4 nitrogen and oxygen atoms in total. The number of aryl methyl sites for hydroxylation is 1. The Morgan fingerprint density at radius 3 is 2.00 bits per heavy atom. The maximum absolute atomic E-state index is 12.1. The molecule has 2 aromatic carbocycles. The standard InChI is InChI=1S/C20H24N2O2/c1-13-7-6-8-17(14(13)2)22-19(24)18(23)21-16-11-9-15(10-12-16)20(3,4)5/h6-12H,1-5H3,(H,21,23)(H,22,24). The Balaban J connectivity index is 2.04. The van der Waals surface area contributed by atoms with Crippen LogP contribution in [0.25, 0.3) is 0 Å². The fourth-order valence-electron chi connectivity index (χ4n) is 2.31. The first-order chi connectivity index (χ1) is 11.2. The Labute approximate surface area is 143 Å². The SMILES string of the molecule is Cc1cccc(NC(=O)C(=O)Nc2ccc(C(C)(C)C)cc2)c1C. The average molecular weight is 324 g/mol. The van der Waals surface area contributed by atoms with Gasteiger partial charge in [0, 0.05) is 11.4 Å². The molecule has 0 aliphatic carbocycles. The van der Waals surface area contributed by atoms with Crippen molar-refractivity contribution in [2.45, 2.75) is 40.0 Å². The van der Waals surface area contributed by atoms with Gasteiger partial charge in [-0.1, -0.05) is 45.0 Å². The zero-order chi connectivity index (χ0) is 17.9. The van der Waals surface area contributed by atoms with E-state index in [1.54, 1.807) is 6.07 Å². The van der Waals surface area contributed by atoms with Crippen LogP contribution in [-0.4, -0.2) is 11.8 Å². The number of rotatable bonds is 2. The molecule has 0 aliphatic heterocycles. The monoisotopic (exact) mass is 324 g/mol. The predicted octanol–water partition coefficient (Wildman–Crippen LogP) is 4.18. The molecule has 2 aromatic rings. The third-order valence-electron chi connectivity index (χ3n) is 4.07. The minimum atomic E-state index is -0.681. The molecule has 0 bridgehead atoms. The second-order valence-corrected chi connectivity index (χ2v) is 6.98. The molecule has 0 saturated carbocycles. The van der Waals surface area contributed by atoms with Gasteiger partial charge < -0.3 is 10.6 Å². The van der Waals surface area contributed by atoms with Crippen LogP contribution in [0.1, 0.15) is 37.5 Å². The fraction of sp³-hybridized carbons (Fsp3) is 0.300. The largest absolute Gasteiger partial charge is 0.318 e. The lowest BCUT2D eigenvalue weighted by molar-refractivity contribution is -0.133. The van der Waals surface area contributed by atoms with Crippen LogP contribution in [-0.2, 0) is 15.0 Å². The van der Waals surface area contributed by atoms with Gasteiger partial charge in [0.2, 0.25) is 0 Å². The molecule has 24 heavy (non-hydrogen) atoms. The molecule has 0 atom stereocenters. The van der Waals surface area contributed by atoms with Crippen LogP contribution in [0.15, 0.2) is 42.5 Å². The van der Waals surface area contributed by atoms with Crippen molar-refractivity contribution in [3.05, 3.63) is 59.2 Å². The summed E-state index contributed by atoms with van der Waals surface area (Å²) < 4.78 is 0. The van der Waals surface area contributed by atoms with E-state index in [-0.39, 0.29) is 5.41 Å². The molecule has 0 radical (unpaired) electrons. The summed E-state index contributed by atoms with van der Waals surface area (Å²) in [6, 6.07) is 13.1. The van der Waals surface area contributed by atoms with E-state index in [4.69, 9.17) is 0 Å². The first-order valence-electron chi connectivity index (χ1n) is 7.97. The van der Waals surface area contributed by atoms with Gasteiger partial charge in [0.1, 0.15) is 0 Å².